The third-order valence-corrected chi connectivity index (χ3v) is 4.75. The van der Waals surface area contributed by atoms with Crippen LogP contribution in [0.3, 0.4) is 0 Å². The number of carbonyl (C=O) groups excluding carboxylic acids is 1. The fourth-order valence-corrected chi connectivity index (χ4v) is 3.24. The third kappa shape index (κ3) is 2.69. The van der Waals surface area contributed by atoms with E-state index < -0.39 is 0 Å². The van der Waals surface area contributed by atoms with E-state index in [-0.39, 0.29) is 5.41 Å². The van der Waals surface area contributed by atoms with Crippen LogP contribution in [0, 0.1) is 5.41 Å². The summed E-state index contributed by atoms with van der Waals surface area (Å²) in [6.45, 7) is 5.69. The lowest BCUT2D eigenvalue weighted by molar-refractivity contribution is -0.146. The Kier molecular flexibility index (Phi) is 4.62. The van der Waals surface area contributed by atoms with Gasteiger partial charge >= 0.3 is 0 Å². The summed E-state index contributed by atoms with van der Waals surface area (Å²) in [5.74, 6) is 0.360. The summed E-state index contributed by atoms with van der Waals surface area (Å²) < 4.78 is 5.38. The number of nitrogens with zero attached hydrogens (tertiary/aromatic N) is 1. The number of hydrogen-bond acceptors (Lipinski definition) is 3. The van der Waals surface area contributed by atoms with Gasteiger partial charge in [0.2, 0.25) is 5.91 Å². The molecular weight excluding hydrogens is 228 g/mol. The maximum Gasteiger partial charge on any atom is 0.228 e. The number of carbonyl (C=O) groups is 1. The number of rotatable bonds is 3. The van der Waals surface area contributed by atoms with Crippen LogP contribution in [0.2, 0.25) is 0 Å². The Morgan fingerprint density at radius 1 is 1.33 bits per heavy atom. The van der Waals surface area contributed by atoms with Gasteiger partial charge in [-0.05, 0) is 45.2 Å². The van der Waals surface area contributed by atoms with Crippen LogP contribution >= 0.6 is 0 Å². The minimum Gasteiger partial charge on any atom is -0.381 e. The van der Waals surface area contributed by atoms with Crippen molar-refractivity contribution in [2.45, 2.75) is 45.1 Å². The third-order valence-electron chi connectivity index (χ3n) is 4.75. The molecule has 0 bridgehead atoms. The van der Waals surface area contributed by atoms with Crippen LogP contribution in [0.5, 0.6) is 0 Å². The number of amides is 1. The lowest BCUT2D eigenvalue weighted by atomic mass is 9.75. The molecule has 2 aliphatic heterocycles. The van der Waals surface area contributed by atoms with Crippen molar-refractivity contribution in [3.8, 4) is 0 Å². The van der Waals surface area contributed by atoms with Gasteiger partial charge in [0, 0.05) is 26.3 Å². The van der Waals surface area contributed by atoms with Crippen LogP contribution in [-0.2, 0) is 9.53 Å². The Morgan fingerprint density at radius 2 is 1.94 bits per heavy atom. The van der Waals surface area contributed by atoms with Gasteiger partial charge in [-0.1, -0.05) is 6.92 Å². The SMILES string of the molecule is CCC1(C(=O)N(C)C2CCOCC2)CCNCC1. The van der Waals surface area contributed by atoms with Gasteiger partial charge in [0.05, 0.1) is 5.41 Å². The van der Waals surface area contributed by atoms with E-state index >= 15 is 0 Å². The number of ether oxygens (including phenoxy) is 1. The van der Waals surface area contributed by atoms with Gasteiger partial charge in [-0.15, -0.1) is 0 Å². The van der Waals surface area contributed by atoms with Gasteiger partial charge in [0.15, 0.2) is 0 Å². The monoisotopic (exact) mass is 254 g/mol. The second kappa shape index (κ2) is 6.02. The van der Waals surface area contributed by atoms with Crippen LogP contribution in [0.15, 0.2) is 0 Å². The maximum absolute atomic E-state index is 12.8. The van der Waals surface area contributed by atoms with Crippen molar-refractivity contribution in [2.24, 2.45) is 5.41 Å². The molecular formula is C14H26N2O2. The molecule has 0 unspecified atom stereocenters. The van der Waals surface area contributed by atoms with E-state index in [1.165, 1.54) is 0 Å². The first kappa shape index (κ1) is 13.8. The van der Waals surface area contributed by atoms with E-state index in [4.69, 9.17) is 4.74 Å². The predicted molar refractivity (Wildman–Crippen MR) is 71.4 cm³/mol. The molecule has 4 nitrogen and oxygen atoms in total. The number of piperidine rings is 1. The first-order valence-electron chi connectivity index (χ1n) is 7.25. The molecule has 0 radical (unpaired) electrons. The highest BCUT2D eigenvalue weighted by Gasteiger charge is 2.41. The lowest BCUT2D eigenvalue weighted by Gasteiger charge is -2.41. The Hall–Kier alpha value is -0.610. The van der Waals surface area contributed by atoms with E-state index in [1.807, 2.05) is 11.9 Å². The van der Waals surface area contributed by atoms with Crippen LogP contribution in [0.25, 0.3) is 0 Å². The van der Waals surface area contributed by atoms with Crippen molar-refractivity contribution in [3.05, 3.63) is 0 Å². The van der Waals surface area contributed by atoms with Crippen molar-refractivity contribution < 1.29 is 9.53 Å². The van der Waals surface area contributed by atoms with Crippen LogP contribution in [0.4, 0.5) is 0 Å². The minimum atomic E-state index is -0.113. The smallest absolute Gasteiger partial charge is 0.228 e. The number of nitrogens with one attached hydrogen (secondary N) is 1. The van der Waals surface area contributed by atoms with E-state index in [2.05, 4.69) is 12.2 Å². The second-order valence-corrected chi connectivity index (χ2v) is 5.64. The van der Waals surface area contributed by atoms with Crippen molar-refractivity contribution in [1.82, 2.24) is 10.2 Å². The molecule has 4 heteroatoms. The predicted octanol–water partition coefficient (Wildman–Crippen LogP) is 1.40. The molecule has 1 N–H and O–H groups in total. The molecule has 2 fully saturated rings. The van der Waals surface area contributed by atoms with Crippen LogP contribution < -0.4 is 5.32 Å². The zero-order chi connectivity index (χ0) is 13.0. The molecule has 0 aromatic rings. The zero-order valence-corrected chi connectivity index (χ0v) is 11.7. The fraction of sp³-hybridized carbons (Fsp3) is 0.929. The standard InChI is InChI=1S/C14H26N2O2/c1-3-14(6-8-15-9-7-14)13(17)16(2)12-4-10-18-11-5-12/h12,15H,3-11H2,1-2H3. The molecule has 18 heavy (non-hydrogen) atoms. The Labute approximate surface area is 110 Å². The van der Waals surface area contributed by atoms with E-state index in [9.17, 15) is 4.79 Å². The summed E-state index contributed by atoms with van der Waals surface area (Å²) in [7, 11) is 1.98. The minimum absolute atomic E-state index is 0.113. The summed E-state index contributed by atoms with van der Waals surface area (Å²) in [5, 5.41) is 3.36. The summed E-state index contributed by atoms with van der Waals surface area (Å²) in [4.78, 5) is 14.8. The normalized spacial score (nSPS) is 24.8. The highest BCUT2D eigenvalue weighted by Crippen LogP contribution is 2.35. The Bertz CT molecular complexity index is 282. The van der Waals surface area contributed by atoms with Crippen molar-refractivity contribution >= 4 is 5.91 Å². The first-order valence-corrected chi connectivity index (χ1v) is 7.25. The highest BCUT2D eigenvalue weighted by molar-refractivity contribution is 5.83. The van der Waals surface area contributed by atoms with E-state index in [1.54, 1.807) is 0 Å². The van der Waals surface area contributed by atoms with Gasteiger partial charge in [-0.3, -0.25) is 4.79 Å². The molecule has 0 spiro atoms. The molecule has 0 saturated carbocycles. The summed E-state index contributed by atoms with van der Waals surface area (Å²) in [6, 6.07) is 0.379. The highest BCUT2D eigenvalue weighted by atomic mass is 16.5. The van der Waals surface area contributed by atoms with Crippen molar-refractivity contribution in [1.29, 1.82) is 0 Å². The summed E-state index contributed by atoms with van der Waals surface area (Å²) in [6.07, 6.45) is 4.90. The van der Waals surface area contributed by atoms with Gasteiger partial charge in [-0.25, -0.2) is 0 Å². The van der Waals surface area contributed by atoms with Gasteiger partial charge in [0.25, 0.3) is 0 Å². The fourth-order valence-electron chi connectivity index (χ4n) is 3.24. The van der Waals surface area contributed by atoms with Gasteiger partial charge in [0.1, 0.15) is 0 Å². The second-order valence-electron chi connectivity index (χ2n) is 5.64. The number of hydrogen-bond donors (Lipinski definition) is 1. The summed E-state index contributed by atoms with van der Waals surface area (Å²) >= 11 is 0. The van der Waals surface area contributed by atoms with Crippen LogP contribution in [0.1, 0.15) is 39.0 Å². The average Bonchev–Trinajstić information content (AvgIpc) is 2.47. The molecule has 0 aromatic carbocycles. The summed E-state index contributed by atoms with van der Waals surface area (Å²) in [5.41, 5.74) is -0.113. The molecule has 2 saturated heterocycles. The quantitative estimate of drug-likeness (QED) is 0.828. The largest absolute Gasteiger partial charge is 0.381 e. The molecule has 2 aliphatic rings. The molecule has 104 valence electrons. The topological polar surface area (TPSA) is 41.6 Å². The van der Waals surface area contributed by atoms with Gasteiger partial charge in [-0.2, -0.15) is 0 Å². The Morgan fingerprint density at radius 3 is 2.50 bits per heavy atom. The van der Waals surface area contributed by atoms with Crippen molar-refractivity contribution in [3.63, 3.8) is 0 Å². The molecule has 2 heterocycles. The van der Waals surface area contributed by atoms with E-state index in [0.717, 1.165) is 58.4 Å². The maximum atomic E-state index is 12.8. The lowest BCUT2D eigenvalue weighted by Crippen LogP contribution is -2.51. The van der Waals surface area contributed by atoms with Crippen molar-refractivity contribution in [2.75, 3.05) is 33.4 Å². The molecule has 1 amide bonds. The molecule has 2 rings (SSSR count). The van der Waals surface area contributed by atoms with Gasteiger partial charge < -0.3 is 15.0 Å². The molecule has 0 atom stereocenters. The molecule has 0 aliphatic carbocycles. The van der Waals surface area contributed by atoms with E-state index in [0.29, 0.717) is 11.9 Å². The van der Waals surface area contributed by atoms with Crippen LogP contribution in [-0.4, -0.2) is 50.2 Å². The molecule has 0 aromatic heterocycles. The Balaban J connectivity index is 2.03. The average molecular weight is 254 g/mol. The zero-order valence-electron chi connectivity index (χ0n) is 11.7. The first-order chi connectivity index (χ1) is 8.69.